The molecule has 148 valence electrons. The molecular weight excluding hydrogens is 342 g/mol. The predicted molar refractivity (Wildman–Crippen MR) is 106 cm³/mol. The van der Waals surface area contributed by atoms with Crippen LogP contribution in [0.1, 0.15) is 45.1 Å². The van der Waals surface area contributed by atoms with Crippen molar-refractivity contribution in [2.75, 3.05) is 31.1 Å². The summed E-state index contributed by atoms with van der Waals surface area (Å²) in [5, 5.41) is 2.97. The molecule has 1 aromatic carbocycles. The summed E-state index contributed by atoms with van der Waals surface area (Å²) in [5.41, 5.74) is 1.96. The van der Waals surface area contributed by atoms with Crippen molar-refractivity contribution in [3.63, 3.8) is 0 Å². The van der Waals surface area contributed by atoms with Gasteiger partial charge in [0.05, 0.1) is 12.2 Å². The Morgan fingerprint density at radius 1 is 1.22 bits per heavy atom. The lowest BCUT2D eigenvalue weighted by molar-refractivity contribution is -0.126. The van der Waals surface area contributed by atoms with Gasteiger partial charge in [0.15, 0.2) is 0 Å². The molecule has 1 saturated heterocycles. The number of rotatable bonds is 4. The molecule has 0 aromatic heterocycles. The van der Waals surface area contributed by atoms with Crippen LogP contribution >= 0.6 is 0 Å². The van der Waals surface area contributed by atoms with Crippen LogP contribution in [0.3, 0.4) is 0 Å². The molecule has 1 fully saturated rings. The van der Waals surface area contributed by atoms with E-state index in [1.54, 1.807) is 0 Å². The van der Waals surface area contributed by atoms with Gasteiger partial charge in [-0.05, 0) is 50.3 Å². The van der Waals surface area contributed by atoms with Crippen LogP contribution < -0.4 is 15.0 Å². The molecule has 1 atom stereocenters. The highest BCUT2D eigenvalue weighted by atomic mass is 16.5. The number of fused-ring (bicyclic) bond motifs is 1. The highest BCUT2D eigenvalue weighted by Crippen LogP contribution is 2.36. The number of benzene rings is 1. The number of aryl methyl sites for hydroxylation is 1. The number of nitrogens with zero attached hydrogens (tertiary/aromatic N) is 2. The van der Waals surface area contributed by atoms with Gasteiger partial charge in [0.25, 0.3) is 0 Å². The van der Waals surface area contributed by atoms with Crippen LogP contribution in [0, 0.1) is 12.8 Å². The lowest BCUT2D eigenvalue weighted by Crippen LogP contribution is -2.52. The van der Waals surface area contributed by atoms with Gasteiger partial charge >= 0.3 is 6.03 Å². The molecule has 1 N–H and O–H groups in total. The minimum atomic E-state index is 0.0153. The zero-order chi connectivity index (χ0) is 19.4. The Bertz CT molecular complexity index is 683. The number of urea groups is 1. The summed E-state index contributed by atoms with van der Waals surface area (Å²) in [6.07, 6.45) is 3.27. The largest absolute Gasteiger partial charge is 0.486 e. The number of anilines is 1. The summed E-state index contributed by atoms with van der Waals surface area (Å²) >= 11 is 0. The number of likely N-dealkylation sites (tertiary alicyclic amines) is 1. The molecule has 6 heteroatoms. The van der Waals surface area contributed by atoms with Crippen LogP contribution in [-0.4, -0.2) is 49.1 Å². The molecule has 3 rings (SSSR count). The molecule has 2 aliphatic heterocycles. The van der Waals surface area contributed by atoms with Crippen molar-refractivity contribution in [1.82, 2.24) is 10.2 Å². The van der Waals surface area contributed by atoms with Crippen molar-refractivity contribution in [2.45, 2.75) is 52.6 Å². The summed E-state index contributed by atoms with van der Waals surface area (Å²) in [4.78, 5) is 29.2. The van der Waals surface area contributed by atoms with E-state index in [9.17, 15) is 9.59 Å². The van der Waals surface area contributed by atoms with Crippen LogP contribution in [0.4, 0.5) is 10.5 Å². The van der Waals surface area contributed by atoms with E-state index >= 15 is 0 Å². The van der Waals surface area contributed by atoms with Crippen LogP contribution in [0.2, 0.25) is 0 Å². The van der Waals surface area contributed by atoms with Crippen molar-refractivity contribution in [3.05, 3.63) is 23.8 Å². The van der Waals surface area contributed by atoms with E-state index in [1.807, 2.05) is 41.8 Å². The number of carbonyl (C=O) groups excluding carboxylic acids is 2. The average molecular weight is 373 g/mol. The third kappa shape index (κ3) is 4.37. The minimum absolute atomic E-state index is 0.0153. The zero-order valence-corrected chi connectivity index (χ0v) is 16.7. The van der Waals surface area contributed by atoms with Crippen LogP contribution in [0.15, 0.2) is 18.2 Å². The number of piperidine rings is 1. The van der Waals surface area contributed by atoms with Gasteiger partial charge in [-0.25, -0.2) is 4.79 Å². The topological polar surface area (TPSA) is 61.9 Å². The van der Waals surface area contributed by atoms with Gasteiger partial charge in [0.1, 0.15) is 11.9 Å². The molecule has 1 aromatic rings. The molecule has 2 heterocycles. The quantitative estimate of drug-likeness (QED) is 0.881. The van der Waals surface area contributed by atoms with Gasteiger partial charge in [-0.3, -0.25) is 9.69 Å². The summed E-state index contributed by atoms with van der Waals surface area (Å²) in [5.74, 6) is 0.923. The molecule has 0 aliphatic carbocycles. The molecular formula is C21H31N3O3. The maximum absolute atomic E-state index is 13.2. The Hall–Kier alpha value is -2.24. The van der Waals surface area contributed by atoms with E-state index in [-0.39, 0.29) is 24.0 Å². The Morgan fingerprint density at radius 2 is 1.96 bits per heavy atom. The third-order valence-corrected chi connectivity index (χ3v) is 5.46. The molecule has 6 nitrogen and oxygen atoms in total. The molecule has 0 radical (unpaired) electrons. The Morgan fingerprint density at radius 3 is 2.63 bits per heavy atom. The van der Waals surface area contributed by atoms with Crippen molar-refractivity contribution >= 4 is 17.6 Å². The van der Waals surface area contributed by atoms with E-state index in [0.717, 1.165) is 49.2 Å². The second-order valence-corrected chi connectivity index (χ2v) is 7.56. The molecule has 3 amide bonds. The second kappa shape index (κ2) is 8.63. The Labute approximate surface area is 161 Å². The normalized spacial score (nSPS) is 20.0. The van der Waals surface area contributed by atoms with E-state index in [1.165, 1.54) is 0 Å². The van der Waals surface area contributed by atoms with Gasteiger partial charge in [0, 0.05) is 25.6 Å². The number of nitrogens with one attached hydrogen (secondary N) is 1. The molecule has 0 saturated carbocycles. The Balaban J connectivity index is 1.68. The van der Waals surface area contributed by atoms with Gasteiger partial charge in [-0.1, -0.05) is 19.9 Å². The highest BCUT2D eigenvalue weighted by molar-refractivity contribution is 5.94. The lowest BCUT2D eigenvalue weighted by atomic mass is 9.96. The first-order valence-corrected chi connectivity index (χ1v) is 10.1. The number of hydrogen-bond acceptors (Lipinski definition) is 3. The molecule has 0 unspecified atom stereocenters. The SMILES string of the molecule is CCCNC(=O)C1CCN(C(=O)N2C[C@H](CC)Oc3ccc(C)cc32)CC1. The summed E-state index contributed by atoms with van der Waals surface area (Å²) < 4.78 is 6.02. The number of amides is 3. The minimum Gasteiger partial charge on any atom is -0.486 e. The maximum atomic E-state index is 13.2. The first-order chi connectivity index (χ1) is 13.0. The number of ether oxygens (including phenoxy) is 1. The van der Waals surface area contributed by atoms with Gasteiger partial charge < -0.3 is 15.0 Å². The summed E-state index contributed by atoms with van der Waals surface area (Å²) in [6.45, 7) is 8.69. The van der Waals surface area contributed by atoms with Crippen LogP contribution in [-0.2, 0) is 4.79 Å². The van der Waals surface area contributed by atoms with E-state index in [2.05, 4.69) is 12.2 Å². The highest BCUT2D eigenvalue weighted by Gasteiger charge is 2.34. The van der Waals surface area contributed by atoms with Gasteiger partial charge in [0.2, 0.25) is 5.91 Å². The van der Waals surface area contributed by atoms with Crippen molar-refractivity contribution in [1.29, 1.82) is 0 Å². The first kappa shape index (κ1) is 19.5. The fourth-order valence-corrected chi connectivity index (χ4v) is 3.75. The average Bonchev–Trinajstić information content (AvgIpc) is 2.70. The summed E-state index contributed by atoms with van der Waals surface area (Å²) in [7, 11) is 0. The smallest absolute Gasteiger partial charge is 0.324 e. The van der Waals surface area contributed by atoms with Gasteiger partial charge in [-0.2, -0.15) is 0 Å². The van der Waals surface area contributed by atoms with Crippen LogP contribution in [0.25, 0.3) is 0 Å². The first-order valence-electron chi connectivity index (χ1n) is 10.1. The fraction of sp³-hybridized carbons (Fsp3) is 0.619. The fourth-order valence-electron chi connectivity index (χ4n) is 3.75. The lowest BCUT2D eigenvalue weighted by Gasteiger charge is -2.39. The standard InChI is InChI=1S/C21H31N3O3/c1-4-10-22-20(25)16-8-11-23(12-9-16)21(26)24-14-17(5-2)27-19-7-6-15(3)13-18(19)24/h6-7,13,16-17H,4-5,8-12,14H2,1-3H3,(H,22,25)/t17-/m0/s1. The number of carbonyl (C=O) groups is 2. The molecule has 27 heavy (non-hydrogen) atoms. The van der Waals surface area contributed by atoms with E-state index in [4.69, 9.17) is 4.74 Å². The maximum Gasteiger partial charge on any atom is 0.324 e. The second-order valence-electron chi connectivity index (χ2n) is 7.56. The predicted octanol–water partition coefficient (Wildman–Crippen LogP) is 3.33. The Kier molecular flexibility index (Phi) is 6.24. The summed E-state index contributed by atoms with van der Waals surface area (Å²) in [6, 6.07) is 6.01. The molecule has 2 aliphatic rings. The monoisotopic (exact) mass is 373 g/mol. The third-order valence-electron chi connectivity index (χ3n) is 5.46. The van der Waals surface area contributed by atoms with E-state index < -0.39 is 0 Å². The van der Waals surface area contributed by atoms with Gasteiger partial charge in [-0.15, -0.1) is 0 Å². The van der Waals surface area contributed by atoms with Crippen molar-refractivity contribution in [3.8, 4) is 5.75 Å². The van der Waals surface area contributed by atoms with E-state index in [0.29, 0.717) is 19.6 Å². The number of hydrogen-bond donors (Lipinski definition) is 1. The molecule has 0 bridgehead atoms. The van der Waals surface area contributed by atoms with Crippen LogP contribution in [0.5, 0.6) is 5.75 Å². The molecule has 0 spiro atoms. The van der Waals surface area contributed by atoms with Crippen molar-refractivity contribution < 1.29 is 14.3 Å². The zero-order valence-electron chi connectivity index (χ0n) is 16.7. The van der Waals surface area contributed by atoms with Crippen molar-refractivity contribution in [2.24, 2.45) is 5.92 Å².